The molecule has 0 radical (unpaired) electrons. The molecule has 1 unspecified atom stereocenters. The molecule has 0 saturated heterocycles. The number of carbonyl (C=O) groups is 1. The maximum atomic E-state index is 14.0. The van der Waals surface area contributed by atoms with Gasteiger partial charge < -0.3 is 14.4 Å². The summed E-state index contributed by atoms with van der Waals surface area (Å²) >= 11 is 0. The molecule has 0 aliphatic carbocycles. The number of hydrogen-bond acceptors (Lipinski definition) is 5. The molecule has 6 rings (SSSR count). The summed E-state index contributed by atoms with van der Waals surface area (Å²) in [4.78, 5) is 28.9. The molecule has 2 aliphatic heterocycles. The molecule has 0 spiro atoms. The topological polar surface area (TPSA) is 64.0 Å². The summed E-state index contributed by atoms with van der Waals surface area (Å²) in [5.74, 6) is 0.606. The highest BCUT2D eigenvalue weighted by atomic mass is 16.5. The Labute approximate surface area is 233 Å². The van der Waals surface area contributed by atoms with Crippen LogP contribution in [0.3, 0.4) is 0 Å². The van der Waals surface area contributed by atoms with Crippen LogP contribution < -0.4 is 19.9 Å². The first-order chi connectivity index (χ1) is 19.7. The Morgan fingerprint density at radius 2 is 1.60 bits per heavy atom. The Morgan fingerprint density at radius 1 is 0.850 bits per heavy atom. The van der Waals surface area contributed by atoms with Gasteiger partial charge in [0.25, 0.3) is 5.91 Å². The molecule has 0 saturated carbocycles. The quantitative estimate of drug-likeness (QED) is 0.333. The third kappa shape index (κ3) is 5.10. The van der Waals surface area contributed by atoms with Gasteiger partial charge in [-0.2, -0.15) is 0 Å². The number of rotatable bonds is 4. The largest absolute Gasteiger partial charge is 0.493 e. The summed E-state index contributed by atoms with van der Waals surface area (Å²) in [5.41, 5.74) is 2.82. The van der Waals surface area contributed by atoms with E-state index >= 15 is 0 Å². The second-order valence-corrected chi connectivity index (χ2v) is 9.90. The van der Waals surface area contributed by atoms with Gasteiger partial charge in [-0.3, -0.25) is 19.3 Å². The minimum absolute atomic E-state index is 0.0516. The molecule has 3 aromatic carbocycles. The van der Waals surface area contributed by atoms with E-state index in [1.165, 1.54) is 6.07 Å². The van der Waals surface area contributed by atoms with Crippen LogP contribution in [0.25, 0.3) is 0 Å². The number of hydrogen-bond donors (Lipinski definition) is 0. The van der Waals surface area contributed by atoms with E-state index in [0.29, 0.717) is 19.8 Å². The van der Waals surface area contributed by atoms with Gasteiger partial charge in [0.15, 0.2) is 11.4 Å². The van der Waals surface area contributed by atoms with Crippen LogP contribution in [0.5, 0.6) is 11.5 Å². The van der Waals surface area contributed by atoms with E-state index in [-0.39, 0.29) is 35.4 Å². The van der Waals surface area contributed by atoms with Gasteiger partial charge in [0, 0.05) is 24.4 Å². The first-order valence-corrected chi connectivity index (χ1v) is 13.6. The Kier molecular flexibility index (Phi) is 7.35. The van der Waals surface area contributed by atoms with E-state index in [9.17, 15) is 9.59 Å². The molecule has 2 bridgehead atoms. The summed E-state index contributed by atoms with van der Waals surface area (Å²) in [6, 6.07) is 29.0. The number of aromatic nitrogens is 1. The molecule has 1 aromatic heterocycles. The van der Waals surface area contributed by atoms with Gasteiger partial charge in [-0.05, 0) is 30.0 Å². The zero-order valence-corrected chi connectivity index (χ0v) is 22.2. The number of benzene rings is 3. The van der Waals surface area contributed by atoms with Crippen molar-refractivity contribution in [2.24, 2.45) is 0 Å². The predicted molar refractivity (Wildman–Crippen MR) is 154 cm³/mol. The number of amides is 1. The highest BCUT2D eigenvalue weighted by Crippen LogP contribution is 2.37. The summed E-state index contributed by atoms with van der Waals surface area (Å²) in [5, 5.41) is 2.11. The maximum absolute atomic E-state index is 14.0. The Bertz CT molecular complexity index is 1570. The summed E-state index contributed by atoms with van der Waals surface area (Å²) < 4.78 is 14.2. The summed E-state index contributed by atoms with van der Waals surface area (Å²) in [6.07, 6.45) is 7.48. The summed E-state index contributed by atoms with van der Waals surface area (Å²) in [6.45, 7) is 1.50. The number of nitrogens with zero attached hydrogens (tertiary/aromatic N) is 3. The number of pyridine rings is 1. The molecule has 7 nitrogen and oxygen atoms in total. The molecule has 202 valence electrons. The highest BCUT2D eigenvalue weighted by Gasteiger charge is 2.37. The van der Waals surface area contributed by atoms with Crippen LogP contribution in [0.4, 0.5) is 0 Å². The van der Waals surface area contributed by atoms with Gasteiger partial charge >= 0.3 is 0 Å². The van der Waals surface area contributed by atoms with Crippen molar-refractivity contribution in [3.8, 4) is 11.5 Å². The minimum Gasteiger partial charge on any atom is -0.493 e. The van der Waals surface area contributed by atoms with Crippen molar-refractivity contribution in [2.75, 3.05) is 24.8 Å². The van der Waals surface area contributed by atoms with E-state index in [2.05, 4.69) is 29.3 Å². The van der Waals surface area contributed by atoms with Crippen LogP contribution in [0.1, 0.15) is 46.1 Å². The van der Waals surface area contributed by atoms with Gasteiger partial charge in [0.2, 0.25) is 5.43 Å². The number of carbonyl (C=O) groups excluding carboxylic acids is 1. The number of allylic oxidation sites excluding steroid dienone is 1. The highest BCUT2D eigenvalue weighted by molar-refractivity contribution is 5.96. The second kappa shape index (κ2) is 11.5. The van der Waals surface area contributed by atoms with E-state index in [4.69, 9.17) is 9.47 Å². The predicted octanol–water partition coefficient (Wildman–Crippen LogP) is 5.30. The summed E-state index contributed by atoms with van der Waals surface area (Å²) in [7, 11) is 0. The van der Waals surface area contributed by atoms with Crippen molar-refractivity contribution < 1.29 is 14.3 Å². The van der Waals surface area contributed by atoms with Crippen molar-refractivity contribution in [1.82, 2.24) is 9.58 Å². The van der Waals surface area contributed by atoms with Crippen LogP contribution in [0.2, 0.25) is 0 Å². The van der Waals surface area contributed by atoms with Gasteiger partial charge in [-0.1, -0.05) is 91.0 Å². The lowest BCUT2D eigenvalue weighted by Gasteiger charge is -2.44. The van der Waals surface area contributed by atoms with E-state index in [1.807, 2.05) is 72.8 Å². The lowest BCUT2D eigenvalue weighted by atomic mass is 9.97. The molecular weight excluding hydrogens is 502 g/mol. The molecule has 2 aliphatic rings. The molecule has 3 heterocycles. The van der Waals surface area contributed by atoms with Crippen LogP contribution in [-0.4, -0.2) is 35.3 Å². The lowest BCUT2D eigenvalue weighted by molar-refractivity contribution is 0.0698. The Morgan fingerprint density at radius 3 is 2.42 bits per heavy atom. The fraction of sp³-hybridized carbons (Fsp3) is 0.212. The first-order valence-electron chi connectivity index (χ1n) is 13.6. The zero-order valence-electron chi connectivity index (χ0n) is 22.2. The minimum atomic E-state index is -0.328. The molecule has 1 atom stereocenters. The average molecular weight is 534 g/mol. The fourth-order valence-corrected chi connectivity index (χ4v) is 5.28. The number of para-hydroxylation sites is 1. The van der Waals surface area contributed by atoms with Crippen LogP contribution in [-0.2, 0) is 6.61 Å². The van der Waals surface area contributed by atoms with Crippen molar-refractivity contribution in [2.45, 2.75) is 25.5 Å². The third-order valence-corrected chi connectivity index (χ3v) is 7.24. The standard InChI is InChI=1S/C33H31N3O4/c37-28-19-21-35-31(32(28)40-23-25-13-5-3-6-14-25)33(38)34-20-11-1-2-12-22-39-29-18-10-9-17-27(29)30(36(35)24-34)26-15-7-4-8-16-26/h1,3-11,13-19,21,30H,2,12,20,22-24H2/b11-1-. The molecule has 7 heteroatoms. The van der Waals surface area contributed by atoms with Gasteiger partial charge in [0.05, 0.1) is 6.61 Å². The smallest absolute Gasteiger partial charge is 0.278 e. The third-order valence-electron chi connectivity index (χ3n) is 7.24. The van der Waals surface area contributed by atoms with Gasteiger partial charge in [-0.25, -0.2) is 0 Å². The maximum Gasteiger partial charge on any atom is 0.278 e. The van der Waals surface area contributed by atoms with Crippen molar-refractivity contribution >= 4 is 5.91 Å². The Hall–Kier alpha value is -4.78. The first kappa shape index (κ1) is 25.5. The number of fused-ring (bicyclic) bond motifs is 5. The molecule has 0 N–H and O–H groups in total. The van der Waals surface area contributed by atoms with Crippen molar-refractivity contribution in [1.29, 1.82) is 0 Å². The average Bonchev–Trinajstić information content (AvgIpc) is 3.00. The molecule has 0 fully saturated rings. The molecule has 1 amide bonds. The van der Waals surface area contributed by atoms with Crippen LogP contribution in [0.15, 0.2) is 114 Å². The van der Waals surface area contributed by atoms with E-state index in [1.54, 1.807) is 15.8 Å². The van der Waals surface area contributed by atoms with Crippen molar-refractivity contribution in [3.63, 3.8) is 0 Å². The SMILES string of the molecule is O=C1c2c(OCc3ccccc3)c(=O)ccn2N2CN1C/C=C\CCCOc1ccccc1C2c1ccccc1. The normalized spacial score (nSPS) is 17.8. The zero-order chi connectivity index (χ0) is 27.3. The monoisotopic (exact) mass is 533 g/mol. The van der Waals surface area contributed by atoms with E-state index in [0.717, 1.165) is 35.3 Å². The van der Waals surface area contributed by atoms with E-state index < -0.39 is 0 Å². The van der Waals surface area contributed by atoms with Crippen LogP contribution >= 0.6 is 0 Å². The van der Waals surface area contributed by atoms with Crippen LogP contribution in [0, 0.1) is 0 Å². The lowest BCUT2D eigenvalue weighted by Crippen LogP contribution is -2.55. The van der Waals surface area contributed by atoms with Crippen molar-refractivity contribution in [3.05, 3.63) is 142 Å². The Balaban J connectivity index is 1.53. The second-order valence-electron chi connectivity index (χ2n) is 9.90. The van der Waals surface area contributed by atoms with Gasteiger partial charge in [-0.15, -0.1) is 0 Å². The molecule has 40 heavy (non-hydrogen) atoms. The molecule has 4 aromatic rings. The molecular formula is C33H31N3O4. The van der Waals surface area contributed by atoms with Gasteiger partial charge in [0.1, 0.15) is 25.1 Å². The number of ether oxygens (including phenoxy) is 2. The fourth-order valence-electron chi connectivity index (χ4n) is 5.28.